The minimum atomic E-state index is 0.215. The SMILES string of the molecule is CCC1CN(Cc2ccc3c(c2)CCO3)Cc2cc(OC)ccc2O1. The lowest BCUT2D eigenvalue weighted by atomic mass is 10.1. The van der Waals surface area contributed by atoms with E-state index in [0.717, 1.165) is 56.3 Å². The van der Waals surface area contributed by atoms with Gasteiger partial charge >= 0.3 is 0 Å². The number of benzene rings is 2. The first-order valence-corrected chi connectivity index (χ1v) is 9.05. The Hall–Kier alpha value is -2.20. The summed E-state index contributed by atoms with van der Waals surface area (Å²) < 4.78 is 17.2. The van der Waals surface area contributed by atoms with Gasteiger partial charge in [-0.05, 0) is 41.8 Å². The third-order valence-corrected chi connectivity index (χ3v) is 5.03. The summed E-state index contributed by atoms with van der Waals surface area (Å²) in [4.78, 5) is 2.47. The first-order chi connectivity index (χ1) is 12.2. The average molecular weight is 339 g/mol. The summed E-state index contributed by atoms with van der Waals surface area (Å²) in [6.07, 6.45) is 2.23. The highest BCUT2D eigenvalue weighted by molar-refractivity contribution is 5.42. The van der Waals surface area contributed by atoms with E-state index in [0.29, 0.717) is 0 Å². The van der Waals surface area contributed by atoms with Crippen molar-refractivity contribution < 1.29 is 14.2 Å². The van der Waals surface area contributed by atoms with E-state index < -0.39 is 0 Å². The molecule has 0 bridgehead atoms. The summed E-state index contributed by atoms with van der Waals surface area (Å²) in [5, 5.41) is 0. The number of nitrogens with zero attached hydrogens (tertiary/aromatic N) is 1. The quantitative estimate of drug-likeness (QED) is 0.848. The van der Waals surface area contributed by atoms with E-state index in [2.05, 4.69) is 36.1 Å². The fourth-order valence-corrected chi connectivity index (χ4v) is 3.66. The third-order valence-electron chi connectivity index (χ3n) is 5.03. The Labute approximate surface area is 149 Å². The maximum atomic E-state index is 6.23. The molecule has 2 aromatic rings. The van der Waals surface area contributed by atoms with Gasteiger partial charge in [0.2, 0.25) is 0 Å². The fraction of sp³-hybridized carbons (Fsp3) is 0.429. The largest absolute Gasteiger partial charge is 0.497 e. The van der Waals surface area contributed by atoms with Crippen LogP contribution in [0.5, 0.6) is 17.2 Å². The molecule has 0 amide bonds. The van der Waals surface area contributed by atoms with Gasteiger partial charge in [0.1, 0.15) is 23.4 Å². The lowest BCUT2D eigenvalue weighted by Crippen LogP contribution is -2.32. The van der Waals surface area contributed by atoms with Gasteiger partial charge in [0.05, 0.1) is 13.7 Å². The zero-order valence-electron chi connectivity index (χ0n) is 15.0. The molecule has 2 aromatic carbocycles. The number of methoxy groups -OCH3 is 1. The predicted molar refractivity (Wildman–Crippen MR) is 97.5 cm³/mol. The van der Waals surface area contributed by atoms with Crippen LogP contribution in [0.25, 0.3) is 0 Å². The van der Waals surface area contributed by atoms with Crippen LogP contribution in [0.4, 0.5) is 0 Å². The van der Waals surface area contributed by atoms with Crippen LogP contribution in [0.3, 0.4) is 0 Å². The van der Waals surface area contributed by atoms with Gasteiger partial charge in [0.25, 0.3) is 0 Å². The van der Waals surface area contributed by atoms with Gasteiger partial charge < -0.3 is 14.2 Å². The zero-order valence-corrected chi connectivity index (χ0v) is 15.0. The molecule has 1 atom stereocenters. The van der Waals surface area contributed by atoms with Crippen LogP contribution >= 0.6 is 0 Å². The zero-order chi connectivity index (χ0) is 17.2. The molecule has 2 aliphatic rings. The standard InChI is InChI=1S/C21H25NO3/c1-3-18-14-22(12-15-4-6-20-16(10-15)8-9-24-20)13-17-11-19(23-2)5-7-21(17)25-18/h4-7,10-11,18H,3,8-9,12-14H2,1-2H3. The number of hydrogen-bond donors (Lipinski definition) is 0. The lowest BCUT2D eigenvalue weighted by Gasteiger charge is -2.23. The van der Waals surface area contributed by atoms with E-state index in [4.69, 9.17) is 14.2 Å². The first-order valence-electron chi connectivity index (χ1n) is 9.05. The Morgan fingerprint density at radius 1 is 1.12 bits per heavy atom. The molecule has 0 aromatic heterocycles. The molecule has 0 aliphatic carbocycles. The first kappa shape index (κ1) is 16.3. The van der Waals surface area contributed by atoms with Crippen LogP contribution < -0.4 is 14.2 Å². The Morgan fingerprint density at radius 2 is 2.00 bits per heavy atom. The molecule has 132 valence electrons. The molecular formula is C21H25NO3. The molecule has 0 radical (unpaired) electrons. The summed E-state index contributed by atoms with van der Waals surface area (Å²) in [5.74, 6) is 2.91. The smallest absolute Gasteiger partial charge is 0.124 e. The molecule has 0 saturated heterocycles. The molecule has 4 rings (SSSR count). The van der Waals surface area contributed by atoms with Crippen molar-refractivity contribution in [1.82, 2.24) is 4.90 Å². The van der Waals surface area contributed by atoms with Gasteiger partial charge in [-0.25, -0.2) is 0 Å². The molecule has 2 aliphatic heterocycles. The fourth-order valence-electron chi connectivity index (χ4n) is 3.66. The van der Waals surface area contributed by atoms with Crippen LogP contribution in [-0.2, 0) is 19.5 Å². The monoisotopic (exact) mass is 339 g/mol. The molecule has 4 nitrogen and oxygen atoms in total. The lowest BCUT2D eigenvalue weighted by molar-refractivity contribution is 0.139. The topological polar surface area (TPSA) is 30.9 Å². The molecule has 1 unspecified atom stereocenters. The average Bonchev–Trinajstić information content (AvgIpc) is 3.02. The molecule has 25 heavy (non-hydrogen) atoms. The van der Waals surface area contributed by atoms with Crippen LogP contribution in [-0.4, -0.2) is 31.3 Å². The molecule has 0 N–H and O–H groups in total. The maximum absolute atomic E-state index is 6.23. The second-order valence-corrected chi connectivity index (χ2v) is 6.83. The van der Waals surface area contributed by atoms with E-state index in [-0.39, 0.29) is 6.10 Å². The minimum absolute atomic E-state index is 0.215. The summed E-state index contributed by atoms with van der Waals surface area (Å²) in [7, 11) is 1.71. The highest BCUT2D eigenvalue weighted by Gasteiger charge is 2.23. The van der Waals surface area contributed by atoms with Crippen molar-refractivity contribution >= 4 is 0 Å². The summed E-state index contributed by atoms with van der Waals surface area (Å²) in [6, 6.07) is 12.7. The van der Waals surface area contributed by atoms with Crippen molar-refractivity contribution in [2.75, 3.05) is 20.3 Å². The highest BCUT2D eigenvalue weighted by atomic mass is 16.5. The van der Waals surface area contributed by atoms with Gasteiger partial charge in [0, 0.05) is 31.6 Å². The predicted octanol–water partition coefficient (Wildman–Crippen LogP) is 3.80. The van der Waals surface area contributed by atoms with Gasteiger partial charge in [0.15, 0.2) is 0 Å². The van der Waals surface area contributed by atoms with E-state index in [1.165, 1.54) is 16.7 Å². The second kappa shape index (κ2) is 6.96. The van der Waals surface area contributed by atoms with Crippen molar-refractivity contribution in [3.8, 4) is 17.2 Å². The number of rotatable bonds is 4. The Kier molecular flexibility index (Phi) is 4.53. The van der Waals surface area contributed by atoms with Crippen molar-refractivity contribution in [2.24, 2.45) is 0 Å². The molecule has 0 fully saturated rings. The Bertz CT molecular complexity index is 759. The Morgan fingerprint density at radius 3 is 2.84 bits per heavy atom. The highest BCUT2D eigenvalue weighted by Crippen LogP contribution is 2.31. The van der Waals surface area contributed by atoms with Crippen molar-refractivity contribution in [2.45, 2.75) is 39.0 Å². The molecule has 4 heteroatoms. The van der Waals surface area contributed by atoms with Crippen LogP contribution in [0.15, 0.2) is 36.4 Å². The van der Waals surface area contributed by atoms with E-state index >= 15 is 0 Å². The summed E-state index contributed by atoms with van der Waals surface area (Å²) in [6.45, 7) is 5.72. The molecule has 0 saturated carbocycles. The van der Waals surface area contributed by atoms with Crippen molar-refractivity contribution in [1.29, 1.82) is 0 Å². The van der Waals surface area contributed by atoms with Crippen LogP contribution in [0.2, 0.25) is 0 Å². The summed E-state index contributed by atoms with van der Waals surface area (Å²) >= 11 is 0. The number of fused-ring (bicyclic) bond motifs is 2. The van der Waals surface area contributed by atoms with Crippen LogP contribution in [0.1, 0.15) is 30.0 Å². The number of hydrogen-bond acceptors (Lipinski definition) is 4. The van der Waals surface area contributed by atoms with Gasteiger partial charge in [-0.3, -0.25) is 4.90 Å². The third kappa shape index (κ3) is 3.45. The van der Waals surface area contributed by atoms with E-state index in [1.807, 2.05) is 12.1 Å². The minimum Gasteiger partial charge on any atom is -0.497 e. The second-order valence-electron chi connectivity index (χ2n) is 6.83. The van der Waals surface area contributed by atoms with Crippen molar-refractivity contribution in [3.63, 3.8) is 0 Å². The Balaban J connectivity index is 1.57. The van der Waals surface area contributed by atoms with Gasteiger partial charge in [-0.15, -0.1) is 0 Å². The molecular weight excluding hydrogens is 314 g/mol. The number of ether oxygens (including phenoxy) is 3. The van der Waals surface area contributed by atoms with Gasteiger partial charge in [-0.2, -0.15) is 0 Å². The van der Waals surface area contributed by atoms with Crippen LogP contribution in [0, 0.1) is 0 Å². The van der Waals surface area contributed by atoms with E-state index in [1.54, 1.807) is 7.11 Å². The van der Waals surface area contributed by atoms with E-state index in [9.17, 15) is 0 Å². The van der Waals surface area contributed by atoms with Crippen molar-refractivity contribution in [3.05, 3.63) is 53.1 Å². The normalized spacial score (nSPS) is 19.4. The summed E-state index contributed by atoms with van der Waals surface area (Å²) in [5.41, 5.74) is 3.86. The van der Waals surface area contributed by atoms with Gasteiger partial charge in [-0.1, -0.05) is 19.1 Å². The molecule has 0 spiro atoms. The molecule has 2 heterocycles. The maximum Gasteiger partial charge on any atom is 0.124 e.